The number of non-ortho nitro benzene ring substituents is 1. The molecule has 0 saturated heterocycles. The number of methoxy groups -OCH3 is 1. The van der Waals surface area contributed by atoms with E-state index in [0.29, 0.717) is 28.4 Å². The third kappa shape index (κ3) is 5.11. The highest BCUT2D eigenvalue weighted by molar-refractivity contribution is 5.98. The van der Waals surface area contributed by atoms with Crippen LogP contribution in [0, 0.1) is 32.8 Å². The summed E-state index contributed by atoms with van der Waals surface area (Å²) in [4.78, 5) is 36.5. The molecule has 0 aliphatic carbocycles. The number of H-pyrrole nitrogens is 1. The van der Waals surface area contributed by atoms with E-state index in [4.69, 9.17) is 4.74 Å². The maximum absolute atomic E-state index is 13.8. The van der Waals surface area contributed by atoms with Crippen LogP contribution in [0.1, 0.15) is 29.4 Å². The molecule has 0 aliphatic rings. The van der Waals surface area contributed by atoms with Crippen LogP contribution in [0.3, 0.4) is 0 Å². The quantitative estimate of drug-likeness (QED) is 0.165. The van der Waals surface area contributed by atoms with E-state index < -0.39 is 10.5 Å². The number of nitriles is 2. The van der Waals surface area contributed by atoms with E-state index in [-0.39, 0.29) is 33.8 Å². The molecular weight excluding hydrogens is 536 g/mol. The number of hydrogen-bond acceptors (Lipinski definition) is 9. The van der Waals surface area contributed by atoms with Crippen LogP contribution in [-0.2, 0) is 0 Å². The predicted octanol–water partition coefficient (Wildman–Crippen LogP) is 5.07. The van der Waals surface area contributed by atoms with Crippen molar-refractivity contribution in [3.05, 3.63) is 116 Å². The van der Waals surface area contributed by atoms with Crippen molar-refractivity contribution in [2.45, 2.75) is 6.92 Å². The minimum absolute atomic E-state index is 0.00498. The summed E-state index contributed by atoms with van der Waals surface area (Å²) in [6.45, 7) is 1.63. The molecule has 2 heterocycles. The van der Waals surface area contributed by atoms with Gasteiger partial charge in [-0.25, -0.2) is 9.98 Å². The lowest BCUT2D eigenvalue weighted by Gasteiger charge is -2.13. The number of ether oxygens (including phenoxy) is 1. The van der Waals surface area contributed by atoms with E-state index in [0.717, 1.165) is 10.2 Å². The van der Waals surface area contributed by atoms with Gasteiger partial charge in [-0.1, -0.05) is 12.1 Å². The monoisotopic (exact) mass is 556 g/mol. The lowest BCUT2D eigenvalue weighted by molar-refractivity contribution is -0.384. The van der Waals surface area contributed by atoms with Crippen LogP contribution in [-0.4, -0.2) is 38.6 Å². The smallest absolute Gasteiger partial charge is 0.291 e. The Labute approximate surface area is 238 Å². The van der Waals surface area contributed by atoms with Gasteiger partial charge in [0.1, 0.15) is 34.7 Å². The summed E-state index contributed by atoms with van der Waals surface area (Å²) >= 11 is 0. The molecule has 0 atom stereocenters. The molecule has 12 nitrogen and oxygen atoms in total. The number of rotatable bonds is 7. The minimum Gasteiger partial charge on any atom is -0.497 e. The Hall–Kier alpha value is -6.40. The standard InChI is InChI=1S/C30H20N8O4/c1-18(28-34-25-5-3-4-6-26(25)35-28)36-37-29(33-17-19-7-13-22(42-2)14-8-19)23(15-31)27(24(16-32)30(37)39)20-9-11-21(12-10-20)38(40)41/h3-14,17H,1-2H3,(H,34,35)/b33-17+,36-18+. The van der Waals surface area contributed by atoms with Crippen molar-refractivity contribution in [2.75, 3.05) is 7.11 Å². The maximum Gasteiger partial charge on any atom is 0.291 e. The highest BCUT2D eigenvalue weighted by Gasteiger charge is 2.24. The normalized spacial score (nSPS) is 11.4. The third-order valence-corrected chi connectivity index (χ3v) is 6.35. The Kier molecular flexibility index (Phi) is 7.36. The van der Waals surface area contributed by atoms with Crippen LogP contribution in [0.2, 0.25) is 0 Å². The van der Waals surface area contributed by atoms with E-state index in [2.05, 4.69) is 26.1 Å². The van der Waals surface area contributed by atoms with E-state index in [9.17, 15) is 25.4 Å². The van der Waals surface area contributed by atoms with Crippen LogP contribution in [0.4, 0.5) is 11.5 Å². The van der Waals surface area contributed by atoms with E-state index in [1.165, 1.54) is 30.5 Å². The molecular formula is C30H20N8O4. The molecule has 42 heavy (non-hydrogen) atoms. The second-order valence-electron chi connectivity index (χ2n) is 8.91. The number of aromatic nitrogens is 3. The zero-order valence-electron chi connectivity index (χ0n) is 22.3. The lowest BCUT2D eigenvalue weighted by atomic mass is 9.96. The van der Waals surface area contributed by atoms with Gasteiger partial charge in [0, 0.05) is 23.9 Å². The van der Waals surface area contributed by atoms with Crippen molar-refractivity contribution >= 4 is 34.5 Å². The number of para-hydroxylation sites is 2. The molecule has 1 N–H and O–H groups in total. The second kappa shape index (κ2) is 11.4. The van der Waals surface area contributed by atoms with Crippen LogP contribution < -0.4 is 10.3 Å². The van der Waals surface area contributed by atoms with E-state index in [1.807, 2.05) is 30.3 Å². The minimum atomic E-state index is -0.831. The average Bonchev–Trinajstić information content (AvgIpc) is 3.46. The number of nitro groups is 1. The molecule has 3 aromatic carbocycles. The summed E-state index contributed by atoms with van der Waals surface area (Å²) in [7, 11) is 1.54. The number of imidazole rings is 1. The Bertz CT molecular complexity index is 2010. The van der Waals surface area contributed by atoms with Crippen LogP contribution in [0.25, 0.3) is 22.2 Å². The first-order valence-corrected chi connectivity index (χ1v) is 12.4. The number of nitrogens with one attached hydrogen (secondary N) is 1. The van der Waals surface area contributed by atoms with Crippen LogP contribution in [0.15, 0.2) is 87.7 Å². The summed E-state index contributed by atoms with van der Waals surface area (Å²) in [6.07, 6.45) is 1.45. The molecule has 0 saturated carbocycles. The first-order chi connectivity index (χ1) is 20.3. The van der Waals surface area contributed by atoms with Crippen LogP contribution in [0.5, 0.6) is 5.75 Å². The summed E-state index contributed by atoms with van der Waals surface area (Å²) in [5, 5.41) is 36.0. The van der Waals surface area contributed by atoms with Crippen molar-refractivity contribution < 1.29 is 9.66 Å². The van der Waals surface area contributed by atoms with Gasteiger partial charge in [0.05, 0.1) is 23.1 Å². The van der Waals surface area contributed by atoms with E-state index in [1.54, 1.807) is 38.3 Å². The lowest BCUT2D eigenvalue weighted by Crippen LogP contribution is -2.23. The first-order valence-electron chi connectivity index (χ1n) is 12.4. The second-order valence-corrected chi connectivity index (χ2v) is 8.91. The molecule has 0 bridgehead atoms. The van der Waals surface area contributed by atoms with Gasteiger partial charge in [-0.15, -0.1) is 0 Å². The van der Waals surface area contributed by atoms with Crippen molar-refractivity contribution in [1.82, 2.24) is 14.6 Å². The molecule has 5 rings (SSSR count). The zero-order chi connectivity index (χ0) is 29.8. The molecule has 0 radical (unpaired) electrons. The number of pyridine rings is 1. The van der Waals surface area contributed by atoms with Crippen LogP contribution >= 0.6 is 0 Å². The SMILES string of the molecule is COc1ccc(/C=N/c2c(C#N)c(-c3ccc([N+](=O)[O-])cc3)c(C#N)c(=O)n2/N=C(\C)c2nc3ccccc3[nH]2)cc1. The summed E-state index contributed by atoms with van der Waals surface area (Å²) < 4.78 is 6.09. The number of fused-ring (bicyclic) bond motifs is 1. The van der Waals surface area contributed by atoms with Gasteiger partial charge in [-0.2, -0.15) is 20.3 Å². The zero-order valence-corrected chi connectivity index (χ0v) is 22.3. The van der Waals surface area contributed by atoms with Crippen molar-refractivity contribution in [2.24, 2.45) is 10.1 Å². The summed E-state index contributed by atoms with van der Waals surface area (Å²) in [5.74, 6) is 0.873. The molecule has 12 heteroatoms. The Morgan fingerprint density at radius 3 is 2.36 bits per heavy atom. The van der Waals surface area contributed by atoms with Gasteiger partial charge in [-0.3, -0.25) is 14.9 Å². The largest absolute Gasteiger partial charge is 0.497 e. The fraction of sp³-hybridized carbons (Fsp3) is 0.0667. The van der Waals surface area contributed by atoms with Gasteiger partial charge in [0.25, 0.3) is 11.2 Å². The molecule has 0 amide bonds. The Balaban J connectivity index is 1.76. The summed E-state index contributed by atoms with van der Waals surface area (Å²) in [6, 6.07) is 23.4. The highest BCUT2D eigenvalue weighted by atomic mass is 16.6. The molecule has 2 aromatic heterocycles. The molecule has 0 unspecified atom stereocenters. The van der Waals surface area contributed by atoms with Gasteiger partial charge >= 0.3 is 0 Å². The molecule has 0 aliphatic heterocycles. The van der Waals surface area contributed by atoms with E-state index >= 15 is 0 Å². The van der Waals surface area contributed by atoms with Crippen molar-refractivity contribution in [1.29, 1.82) is 10.5 Å². The first kappa shape index (κ1) is 27.2. The highest BCUT2D eigenvalue weighted by Crippen LogP contribution is 2.33. The van der Waals surface area contributed by atoms with Crippen molar-refractivity contribution in [3.8, 4) is 29.0 Å². The number of benzene rings is 3. The summed E-state index contributed by atoms with van der Waals surface area (Å²) in [5.41, 5.74) is 1.13. The number of aromatic amines is 1. The molecule has 0 spiro atoms. The molecule has 204 valence electrons. The number of nitrogens with zero attached hydrogens (tertiary/aromatic N) is 7. The number of hydrogen-bond donors (Lipinski definition) is 1. The fourth-order valence-corrected chi connectivity index (χ4v) is 4.26. The maximum atomic E-state index is 13.8. The fourth-order valence-electron chi connectivity index (χ4n) is 4.26. The Morgan fingerprint density at radius 1 is 1.05 bits per heavy atom. The van der Waals surface area contributed by atoms with Gasteiger partial charge < -0.3 is 9.72 Å². The Morgan fingerprint density at radius 2 is 1.74 bits per heavy atom. The van der Waals surface area contributed by atoms with Gasteiger partial charge in [-0.05, 0) is 66.6 Å². The predicted molar refractivity (Wildman–Crippen MR) is 156 cm³/mol. The third-order valence-electron chi connectivity index (χ3n) is 6.35. The number of aliphatic imine (C=N–C) groups is 1. The molecule has 5 aromatic rings. The topological polar surface area (TPSA) is 175 Å². The van der Waals surface area contributed by atoms with Gasteiger partial charge in [0.15, 0.2) is 11.6 Å². The molecule has 0 fully saturated rings. The van der Waals surface area contributed by atoms with Crippen molar-refractivity contribution in [3.63, 3.8) is 0 Å². The number of nitro benzene ring substituents is 1. The average molecular weight is 557 g/mol. The van der Waals surface area contributed by atoms with Gasteiger partial charge in [0.2, 0.25) is 0 Å².